The van der Waals surface area contributed by atoms with Gasteiger partial charge in [0, 0.05) is 35.8 Å². The van der Waals surface area contributed by atoms with E-state index in [0.29, 0.717) is 12.4 Å². The quantitative estimate of drug-likeness (QED) is 0.681. The van der Waals surface area contributed by atoms with Gasteiger partial charge < -0.3 is 4.79 Å². The maximum Gasteiger partial charge on any atom is 0.234 e. The molecule has 0 N–H and O–H groups in total. The molecule has 1 atom stereocenters. The van der Waals surface area contributed by atoms with Crippen molar-refractivity contribution < 1.29 is 4.79 Å². The molecule has 0 saturated carbocycles. The van der Waals surface area contributed by atoms with Crippen LogP contribution in [0, 0.1) is 0 Å². The van der Waals surface area contributed by atoms with Gasteiger partial charge in [0.25, 0.3) is 0 Å². The molecule has 3 rings (SSSR count). The largest absolute Gasteiger partial charge is 0.303 e. The zero-order valence-corrected chi connectivity index (χ0v) is 11.2. The lowest BCUT2D eigenvalue weighted by molar-refractivity contribution is -0.108. The highest BCUT2D eigenvalue weighted by molar-refractivity contribution is 5.83. The van der Waals surface area contributed by atoms with Crippen LogP contribution in [0.25, 0.3) is 16.9 Å². The topological polar surface area (TPSA) is 47.8 Å². The number of aldehydes is 1. The Hall–Kier alpha value is -2.49. The van der Waals surface area contributed by atoms with Gasteiger partial charge in [-0.15, -0.1) is 0 Å². The predicted octanol–water partition coefficient (Wildman–Crippen LogP) is 3.11. The fourth-order valence-electron chi connectivity index (χ4n) is 2.43. The van der Waals surface area contributed by atoms with Gasteiger partial charge in [0.1, 0.15) is 6.29 Å². The third kappa shape index (κ3) is 2.09. The Morgan fingerprint density at radius 3 is 2.70 bits per heavy atom. The molecule has 0 spiro atoms. The maximum absolute atomic E-state index is 10.8. The molecule has 4 heteroatoms. The Balaban J connectivity index is 2.26. The Bertz CT molecular complexity index is 734. The van der Waals surface area contributed by atoms with Gasteiger partial charge in [0.05, 0.1) is 5.52 Å². The minimum absolute atomic E-state index is 0.128. The van der Waals surface area contributed by atoms with Crippen LogP contribution in [0.2, 0.25) is 0 Å². The van der Waals surface area contributed by atoms with Gasteiger partial charge in [-0.25, -0.2) is 9.97 Å². The number of nitrogens with zero attached hydrogens (tertiary/aromatic N) is 3. The summed E-state index contributed by atoms with van der Waals surface area (Å²) in [5, 5.41) is 1.13. The maximum atomic E-state index is 10.8. The molecule has 0 aliphatic carbocycles. The standard InChI is InChI=1S/C16H15N3O/c1-12(7-10-20)15-11-13-5-2-3-6-14(13)19(15)16-17-8-4-9-18-16/h2-6,8-12H,7H2,1H3. The summed E-state index contributed by atoms with van der Waals surface area (Å²) in [7, 11) is 0. The van der Waals surface area contributed by atoms with Crippen LogP contribution in [-0.4, -0.2) is 20.8 Å². The number of benzene rings is 1. The molecule has 0 bridgehead atoms. The molecule has 20 heavy (non-hydrogen) atoms. The van der Waals surface area contributed by atoms with E-state index < -0.39 is 0 Å². The van der Waals surface area contributed by atoms with Crippen molar-refractivity contribution in [3.8, 4) is 5.95 Å². The molecule has 0 saturated heterocycles. The number of hydrogen-bond donors (Lipinski definition) is 0. The Morgan fingerprint density at radius 1 is 1.20 bits per heavy atom. The summed E-state index contributed by atoms with van der Waals surface area (Å²) in [6, 6.07) is 12.0. The van der Waals surface area contributed by atoms with Crippen molar-refractivity contribution in [3.05, 3.63) is 54.5 Å². The minimum Gasteiger partial charge on any atom is -0.303 e. The Labute approximate surface area is 117 Å². The second-order valence-corrected chi connectivity index (χ2v) is 4.82. The molecule has 1 unspecified atom stereocenters. The van der Waals surface area contributed by atoms with Crippen LogP contribution >= 0.6 is 0 Å². The van der Waals surface area contributed by atoms with Gasteiger partial charge in [-0.1, -0.05) is 25.1 Å². The lowest BCUT2D eigenvalue weighted by Crippen LogP contribution is -2.07. The second kappa shape index (κ2) is 5.25. The summed E-state index contributed by atoms with van der Waals surface area (Å²) in [6.45, 7) is 2.04. The molecule has 0 aliphatic heterocycles. The molecule has 100 valence electrons. The number of hydrogen-bond acceptors (Lipinski definition) is 3. The lowest BCUT2D eigenvalue weighted by Gasteiger charge is -2.12. The molecule has 2 heterocycles. The Kier molecular flexibility index (Phi) is 3.29. The summed E-state index contributed by atoms with van der Waals surface area (Å²) < 4.78 is 2.03. The smallest absolute Gasteiger partial charge is 0.234 e. The molecule has 3 aromatic rings. The van der Waals surface area contributed by atoms with E-state index in [-0.39, 0.29) is 5.92 Å². The number of aromatic nitrogens is 3. The number of carbonyl (C=O) groups excluding carboxylic acids is 1. The average molecular weight is 265 g/mol. The van der Waals surface area contributed by atoms with Crippen molar-refractivity contribution >= 4 is 17.2 Å². The Morgan fingerprint density at radius 2 is 1.95 bits per heavy atom. The number of fused-ring (bicyclic) bond motifs is 1. The van der Waals surface area contributed by atoms with Gasteiger partial charge in [-0.3, -0.25) is 4.57 Å². The van der Waals surface area contributed by atoms with Crippen LogP contribution in [0.15, 0.2) is 48.8 Å². The molecular weight excluding hydrogens is 250 g/mol. The SMILES string of the molecule is CC(CC=O)c1cc2ccccc2n1-c1ncccn1. The number of para-hydroxylation sites is 1. The van der Waals surface area contributed by atoms with E-state index in [2.05, 4.69) is 22.1 Å². The number of rotatable bonds is 4. The summed E-state index contributed by atoms with van der Waals surface area (Å²) in [6.07, 6.45) is 4.90. The van der Waals surface area contributed by atoms with E-state index in [4.69, 9.17) is 0 Å². The van der Waals surface area contributed by atoms with E-state index in [1.807, 2.05) is 29.7 Å². The predicted molar refractivity (Wildman–Crippen MR) is 78.0 cm³/mol. The molecule has 1 aromatic carbocycles. The zero-order valence-electron chi connectivity index (χ0n) is 11.2. The zero-order chi connectivity index (χ0) is 13.9. The molecule has 0 fully saturated rings. The van der Waals surface area contributed by atoms with E-state index in [1.54, 1.807) is 18.5 Å². The van der Waals surface area contributed by atoms with Gasteiger partial charge in [0.15, 0.2) is 0 Å². The fourth-order valence-corrected chi connectivity index (χ4v) is 2.43. The lowest BCUT2D eigenvalue weighted by atomic mass is 10.0. The van der Waals surface area contributed by atoms with Crippen molar-refractivity contribution in [3.63, 3.8) is 0 Å². The van der Waals surface area contributed by atoms with Crippen LogP contribution in [0.3, 0.4) is 0 Å². The van der Waals surface area contributed by atoms with Crippen LogP contribution in [0.1, 0.15) is 25.0 Å². The highest BCUT2D eigenvalue weighted by Gasteiger charge is 2.16. The minimum atomic E-state index is 0.128. The van der Waals surface area contributed by atoms with E-state index in [0.717, 1.165) is 22.9 Å². The van der Waals surface area contributed by atoms with E-state index in [1.165, 1.54) is 0 Å². The first-order chi connectivity index (χ1) is 9.81. The third-order valence-corrected chi connectivity index (χ3v) is 3.45. The number of carbonyl (C=O) groups is 1. The molecular formula is C16H15N3O. The first-order valence-corrected chi connectivity index (χ1v) is 6.62. The van der Waals surface area contributed by atoms with Gasteiger partial charge in [-0.05, 0) is 18.2 Å². The summed E-state index contributed by atoms with van der Waals surface area (Å²) in [5.41, 5.74) is 2.12. The molecule has 2 aromatic heterocycles. The van der Waals surface area contributed by atoms with Gasteiger partial charge in [0.2, 0.25) is 5.95 Å². The van der Waals surface area contributed by atoms with Crippen molar-refractivity contribution in [1.82, 2.24) is 14.5 Å². The summed E-state index contributed by atoms with van der Waals surface area (Å²) in [5.74, 6) is 0.769. The van der Waals surface area contributed by atoms with Crippen molar-refractivity contribution in [2.45, 2.75) is 19.3 Å². The van der Waals surface area contributed by atoms with Gasteiger partial charge in [-0.2, -0.15) is 0 Å². The third-order valence-electron chi connectivity index (χ3n) is 3.45. The summed E-state index contributed by atoms with van der Waals surface area (Å²) in [4.78, 5) is 19.5. The highest BCUT2D eigenvalue weighted by Crippen LogP contribution is 2.28. The molecule has 0 amide bonds. The van der Waals surface area contributed by atoms with Crippen LogP contribution < -0.4 is 0 Å². The van der Waals surface area contributed by atoms with Crippen LogP contribution in [0.5, 0.6) is 0 Å². The molecule has 0 aliphatic rings. The van der Waals surface area contributed by atoms with E-state index in [9.17, 15) is 4.79 Å². The molecule has 4 nitrogen and oxygen atoms in total. The first-order valence-electron chi connectivity index (χ1n) is 6.62. The van der Waals surface area contributed by atoms with Crippen molar-refractivity contribution in [1.29, 1.82) is 0 Å². The van der Waals surface area contributed by atoms with Gasteiger partial charge >= 0.3 is 0 Å². The van der Waals surface area contributed by atoms with Crippen molar-refractivity contribution in [2.24, 2.45) is 0 Å². The highest BCUT2D eigenvalue weighted by atomic mass is 16.1. The monoisotopic (exact) mass is 265 g/mol. The normalized spacial score (nSPS) is 12.4. The van der Waals surface area contributed by atoms with Crippen LogP contribution in [-0.2, 0) is 4.79 Å². The van der Waals surface area contributed by atoms with Crippen molar-refractivity contribution in [2.75, 3.05) is 0 Å². The van der Waals surface area contributed by atoms with Crippen LogP contribution in [0.4, 0.5) is 0 Å². The average Bonchev–Trinajstić information content (AvgIpc) is 2.88. The fraction of sp³-hybridized carbons (Fsp3) is 0.188. The van der Waals surface area contributed by atoms with E-state index >= 15 is 0 Å². The first kappa shape index (κ1) is 12.5. The summed E-state index contributed by atoms with van der Waals surface area (Å²) >= 11 is 0. The second-order valence-electron chi connectivity index (χ2n) is 4.82. The molecule has 0 radical (unpaired) electrons.